The van der Waals surface area contributed by atoms with Crippen molar-refractivity contribution in [2.45, 2.75) is 13.0 Å². The molecule has 0 atom stereocenters. The van der Waals surface area contributed by atoms with Crippen molar-refractivity contribution in [3.63, 3.8) is 0 Å². The highest BCUT2D eigenvalue weighted by atomic mass is 19.3. The maximum absolute atomic E-state index is 13.1. The van der Waals surface area contributed by atoms with Crippen LogP contribution in [0.15, 0.2) is 18.2 Å². The van der Waals surface area contributed by atoms with Crippen LogP contribution in [0.5, 0.6) is 5.75 Å². The third-order valence-corrected chi connectivity index (χ3v) is 1.94. The molecule has 0 aromatic heterocycles. The molecule has 3 N–H and O–H groups in total. The zero-order valence-electron chi connectivity index (χ0n) is 9.15. The van der Waals surface area contributed by atoms with Crippen molar-refractivity contribution in [2.75, 3.05) is 0 Å². The lowest BCUT2D eigenvalue weighted by molar-refractivity contribution is -0.386. The van der Waals surface area contributed by atoms with E-state index in [1.165, 1.54) is 11.5 Å². The molecule has 1 aromatic rings. The van der Waals surface area contributed by atoms with Crippen LogP contribution in [0, 0.1) is 17.0 Å². The molecule has 0 fully saturated rings. The van der Waals surface area contributed by atoms with Gasteiger partial charge in [0.05, 0.1) is 4.92 Å². The molecule has 0 saturated heterocycles. The number of nitro benzene ring substituents is 1. The summed E-state index contributed by atoms with van der Waals surface area (Å²) in [5.41, 5.74) is 1.02. The Morgan fingerprint density at radius 2 is 2.17 bits per heavy atom. The number of alkyl halides is 2. The first kappa shape index (κ1) is 13.8. The number of carbonyl (C=O) groups excluding carboxylic acids is 1. The minimum atomic E-state index is -4.30. The molecule has 18 heavy (non-hydrogen) atoms. The van der Waals surface area contributed by atoms with Crippen molar-refractivity contribution in [2.24, 2.45) is 5.84 Å². The molecule has 0 spiro atoms. The predicted octanol–water partition coefficient (Wildman–Crippen LogP) is 0.865. The number of hydrogen-bond donors (Lipinski definition) is 2. The van der Waals surface area contributed by atoms with Gasteiger partial charge in [-0.15, -0.1) is 0 Å². The number of nitrogens with zero attached hydrogens (tertiary/aromatic N) is 1. The van der Waals surface area contributed by atoms with E-state index < -0.39 is 28.4 Å². The summed E-state index contributed by atoms with van der Waals surface area (Å²) in [6, 6.07) is 3.36. The normalized spacial score (nSPS) is 10.9. The van der Waals surface area contributed by atoms with Crippen LogP contribution >= 0.6 is 0 Å². The van der Waals surface area contributed by atoms with Crippen LogP contribution in [0.2, 0.25) is 0 Å². The van der Waals surface area contributed by atoms with Crippen LogP contribution in [0.3, 0.4) is 0 Å². The molecule has 9 heteroatoms. The monoisotopic (exact) mass is 261 g/mol. The highest BCUT2D eigenvalue weighted by molar-refractivity contribution is 5.81. The molecule has 98 valence electrons. The van der Waals surface area contributed by atoms with Gasteiger partial charge in [-0.25, -0.2) is 5.84 Å². The lowest BCUT2D eigenvalue weighted by Gasteiger charge is -2.15. The molecular weight excluding hydrogens is 252 g/mol. The van der Waals surface area contributed by atoms with Gasteiger partial charge in [0.1, 0.15) is 0 Å². The largest absolute Gasteiger partial charge is 0.483 e. The molecule has 0 aliphatic rings. The third-order valence-electron chi connectivity index (χ3n) is 1.94. The summed E-state index contributed by atoms with van der Waals surface area (Å²) >= 11 is 0. The molecule has 0 unspecified atom stereocenters. The number of benzene rings is 1. The van der Waals surface area contributed by atoms with Crippen LogP contribution in [-0.2, 0) is 4.79 Å². The van der Waals surface area contributed by atoms with Crippen molar-refractivity contribution in [1.29, 1.82) is 0 Å². The van der Waals surface area contributed by atoms with Gasteiger partial charge >= 0.3 is 17.7 Å². The standard InChI is InChI=1S/C9H9F2N3O4/c1-5-2-3-7(6(4-5)14(16)17)18-9(10,11)8(15)13-12/h2-4H,12H2,1H3,(H,13,15). The van der Waals surface area contributed by atoms with Gasteiger partial charge in [0.15, 0.2) is 0 Å². The highest BCUT2D eigenvalue weighted by Gasteiger charge is 2.43. The van der Waals surface area contributed by atoms with Crippen molar-refractivity contribution in [3.8, 4) is 5.75 Å². The van der Waals surface area contributed by atoms with Gasteiger partial charge < -0.3 is 4.74 Å². The Labute approximate surface area is 99.6 Å². The van der Waals surface area contributed by atoms with Crippen molar-refractivity contribution >= 4 is 11.6 Å². The highest BCUT2D eigenvalue weighted by Crippen LogP contribution is 2.31. The Morgan fingerprint density at radius 1 is 1.56 bits per heavy atom. The number of nitro groups is 1. The molecule has 0 heterocycles. The Kier molecular flexibility index (Phi) is 3.76. The molecule has 0 bridgehead atoms. The van der Waals surface area contributed by atoms with Crippen LogP contribution < -0.4 is 16.0 Å². The predicted molar refractivity (Wildman–Crippen MR) is 55.7 cm³/mol. The van der Waals surface area contributed by atoms with Crippen molar-refractivity contribution in [1.82, 2.24) is 5.43 Å². The van der Waals surface area contributed by atoms with Gasteiger partial charge in [-0.2, -0.15) is 8.78 Å². The molecular formula is C9H9F2N3O4. The molecule has 0 aliphatic heterocycles. The third kappa shape index (κ3) is 2.88. The zero-order valence-corrected chi connectivity index (χ0v) is 9.15. The summed E-state index contributed by atoms with van der Waals surface area (Å²) in [6.07, 6.45) is -4.30. The van der Waals surface area contributed by atoms with Crippen molar-refractivity contribution < 1.29 is 23.2 Å². The van der Waals surface area contributed by atoms with Gasteiger partial charge in [-0.1, -0.05) is 6.07 Å². The summed E-state index contributed by atoms with van der Waals surface area (Å²) < 4.78 is 30.3. The summed E-state index contributed by atoms with van der Waals surface area (Å²) in [6.45, 7) is 1.54. The van der Waals surface area contributed by atoms with Gasteiger partial charge in [0.25, 0.3) is 0 Å². The first-order valence-corrected chi connectivity index (χ1v) is 4.61. The number of ether oxygens (including phenoxy) is 1. The molecule has 1 amide bonds. The molecule has 0 radical (unpaired) electrons. The lowest BCUT2D eigenvalue weighted by Crippen LogP contribution is -2.47. The Morgan fingerprint density at radius 3 is 2.67 bits per heavy atom. The van der Waals surface area contributed by atoms with E-state index in [1.54, 1.807) is 6.92 Å². The summed E-state index contributed by atoms with van der Waals surface area (Å²) in [4.78, 5) is 20.5. The average Bonchev–Trinajstić information content (AvgIpc) is 2.29. The van der Waals surface area contributed by atoms with Crippen LogP contribution in [0.4, 0.5) is 14.5 Å². The van der Waals surface area contributed by atoms with E-state index in [2.05, 4.69) is 10.6 Å². The summed E-state index contributed by atoms with van der Waals surface area (Å²) in [5.74, 6) is 1.91. The molecule has 0 aliphatic carbocycles. The van der Waals surface area contributed by atoms with E-state index in [0.29, 0.717) is 5.56 Å². The summed E-state index contributed by atoms with van der Waals surface area (Å²) in [5, 5.41) is 10.7. The second-order valence-corrected chi connectivity index (χ2v) is 3.32. The lowest BCUT2D eigenvalue weighted by atomic mass is 10.2. The van der Waals surface area contributed by atoms with Gasteiger partial charge in [-0.3, -0.25) is 20.3 Å². The van der Waals surface area contributed by atoms with Gasteiger partial charge in [0, 0.05) is 6.07 Å². The van der Waals surface area contributed by atoms with E-state index in [4.69, 9.17) is 0 Å². The van der Waals surface area contributed by atoms with Crippen LogP contribution in [0.1, 0.15) is 5.56 Å². The molecule has 1 aromatic carbocycles. The Hall–Kier alpha value is -2.29. The number of nitrogens with two attached hydrogens (primary N) is 1. The minimum Gasteiger partial charge on any atom is -0.418 e. The van der Waals surface area contributed by atoms with E-state index >= 15 is 0 Å². The number of rotatable bonds is 4. The number of hydrogen-bond acceptors (Lipinski definition) is 5. The quantitative estimate of drug-likeness (QED) is 0.362. The fourth-order valence-corrected chi connectivity index (χ4v) is 1.12. The topological polar surface area (TPSA) is 107 Å². The maximum atomic E-state index is 13.1. The van der Waals surface area contributed by atoms with E-state index in [-0.39, 0.29) is 0 Å². The van der Waals surface area contributed by atoms with E-state index in [0.717, 1.165) is 12.1 Å². The van der Waals surface area contributed by atoms with E-state index in [9.17, 15) is 23.7 Å². The smallest absolute Gasteiger partial charge is 0.418 e. The fourth-order valence-electron chi connectivity index (χ4n) is 1.12. The number of carbonyl (C=O) groups is 1. The maximum Gasteiger partial charge on any atom is 0.483 e. The molecule has 7 nitrogen and oxygen atoms in total. The first-order valence-electron chi connectivity index (χ1n) is 4.61. The zero-order chi connectivity index (χ0) is 13.9. The Balaban J connectivity index is 3.11. The molecule has 0 saturated carbocycles. The SMILES string of the molecule is Cc1ccc(OC(F)(F)C(=O)NN)c([N+](=O)[O-])c1. The molecule has 1 rings (SSSR count). The second-order valence-electron chi connectivity index (χ2n) is 3.32. The fraction of sp³-hybridized carbons (Fsp3) is 0.222. The van der Waals surface area contributed by atoms with Gasteiger partial charge in [-0.05, 0) is 18.6 Å². The number of amides is 1. The Bertz CT molecular complexity index is 493. The number of aryl methyl sites for hydroxylation is 1. The van der Waals surface area contributed by atoms with Crippen molar-refractivity contribution in [3.05, 3.63) is 33.9 Å². The summed E-state index contributed by atoms with van der Waals surface area (Å²) in [7, 11) is 0. The second kappa shape index (κ2) is 4.92. The average molecular weight is 261 g/mol. The van der Waals surface area contributed by atoms with Gasteiger partial charge in [0.2, 0.25) is 5.75 Å². The minimum absolute atomic E-state index is 0.487. The number of nitrogens with one attached hydrogen (secondary N) is 1. The number of halogens is 2. The first-order chi connectivity index (χ1) is 8.27. The van der Waals surface area contributed by atoms with Crippen LogP contribution in [0.25, 0.3) is 0 Å². The number of hydrazine groups is 1. The van der Waals surface area contributed by atoms with E-state index in [1.807, 2.05) is 0 Å². The van der Waals surface area contributed by atoms with Crippen LogP contribution in [-0.4, -0.2) is 16.9 Å².